The van der Waals surface area contributed by atoms with E-state index in [2.05, 4.69) is 10.3 Å². The van der Waals surface area contributed by atoms with Crippen LogP contribution in [0.4, 0.5) is 5.69 Å². The highest BCUT2D eigenvalue weighted by atomic mass is 16.6. The molecule has 1 fully saturated rings. The van der Waals surface area contributed by atoms with Crippen LogP contribution in [0.5, 0.6) is 0 Å². The third-order valence-corrected chi connectivity index (χ3v) is 2.36. The molecular formula is C11H12N2O5. The number of carboxylic acids is 1. The normalized spacial score (nSPS) is 19.2. The number of anilines is 1. The van der Waals surface area contributed by atoms with Crippen molar-refractivity contribution in [3.63, 3.8) is 0 Å². The van der Waals surface area contributed by atoms with Gasteiger partial charge in [-0.05, 0) is 6.07 Å². The van der Waals surface area contributed by atoms with Crippen LogP contribution in [0, 0.1) is 0 Å². The van der Waals surface area contributed by atoms with Gasteiger partial charge in [0.15, 0.2) is 6.10 Å². The molecule has 1 aliphatic heterocycles. The number of carbonyl (C=O) groups is 2. The molecule has 0 saturated carbocycles. The molecule has 1 atom stereocenters. The number of rotatable bonds is 3. The summed E-state index contributed by atoms with van der Waals surface area (Å²) in [5.74, 6) is -1.48. The average molecular weight is 252 g/mol. The lowest BCUT2D eigenvalue weighted by atomic mass is 10.2. The first-order valence-electron chi connectivity index (χ1n) is 5.35. The fraction of sp³-hybridized carbons (Fsp3) is 0.364. The monoisotopic (exact) mass is 252 g/mol. The Morgan fingerprint density at radius 2 is 2.22 bits per heavy atom. The number of pyridine rings is 1. The predicted octanol–water partition coefficient (Wildman–Crippen LogP) is 0.134. The molecule has 96 valence electrons. The number of ether oxygens (including phenoxy) is 2. The molecule has 7 heteroatoms. The van der Waals surface area contributed by atoms with Crippen molar-refractivity contribution >= 4 is 17.6 Å². The van der Waals surface area contributed by atoms with Crippen LogP contribution in [0.3, 0.4) is 0 Å². The van der Waals surface area contributed by atoms with Crippen LogP contribution in [-0.4, -0.2) is 47.9 Å². The molecule has 0 spiro atoms. The van der Waals surface area contributed by atoms with Crippen LogP contribution >= 0.6 is 0 Å². The van der Waals surface area contributed by atoms with E-state index in [0.29, 0.717) is 18.9 Å². The molecule has 0 radical (unpaired) electrons. The molecule has 1 unspecified atom stereocenters. The largest absolute Gasteiger partial charge is 0.478 e. The van der Waals surface area contributed by atoms with Crippen LogP contribution in [0.25, 0.3) is 0 Å². The highest BCUT2D eigenvalue weighted by Gasteiger charge is 2.22. The van der Waals surface area contributed by atoms with E-state index in [1.165, 1.54) is 18.5 Å². The van der Waals surface area contributed by atoms with Gasteiger partial charge in [0, 0.05) is 6.20 Å². The number of hydrogen-bond acceptors (Lipinski definition) is 5. The molecule has 0 aromatic carbocycles. The lowest BCUT2D eigenvalue weighted by Crippen LogP contribution is -2.39. The zero-order valence-corrected chi connectivity index (χ0v) is 9.46. The van der Waals surface area contributed by atoms with E-state index in [4.69, 9.17) is 14.6 Å². The third-order valence-electron chi connectivity index (χ3n) is 2.36. The van der Waals surface area contributed by atoms with Crippen molar-refractivity contribution in [1.29, 1.82) is 0 Å². The summed E-state index contributed by atoms with van der Waals surface area (Å²) in [6.45, 7) is 1.03. The number of aromatic carboxylic acids is 1. The van der Waals surface area contributed by atoms with Crippen molar-refractivity contribution in [3.8, 4) is 0 Å². The molecule has 0 bridgehead atoms. The first kappa shape index (κ1) is 12.5. The molecule has 1 saturated heterocycles. The highest BCUT2D eigenvalue weighted by molar-refractivity contribution is 5.95. The lowest BCUT2D eigenvalue weighted by Gasteiger charge is -2.21. The molecular weight excluding hydrogens is 240 g/mol. The zero-order chi connectivity index (χ0) is 13.0. The Balaban J connectivity index is 2.02. The van der Waals surface area contributed by atoms with Crippen molar-refractivity contribution in [2.45, 2.75) is 6.10 Å². The summed E-state index contributed by atoms with van der Waals surface area (Å²) in [4.78, 5) is 26.2. The summed E-state index contributed by atoms with van der Waals surface area (Å²) in [5, 5.41) is 11.3. The second-order valence-corrected chi connectivity index (χ2v) is 3.69. The summed E-state index contributed by atoms with van der Waals surface area (Å²) < 4.78 is 10.3. The number of carbonyl (C=O) groups excluding carboxylic acids is 1. The van der Waals surface area contributed by atoms with Gasteiger partial charge in [-0.25, -0.2) is 4.79 Å². The van der Waals surface area contributed by atoms with Gasteiger partial charge >= 0.3 is 5.97 Å². The smallest absolute Gasteiger partial charge is 0.337 e. The Kier molecular flexibility index (Phi) is 3.85. The Morgan fingerprint density at radius 1 is 1.39 bits per heavy atom. The van der Waals surface area contributed by atoms with Crippen molar-refractivity contribution < 1.29 is 24.2 Å². The second kappa shape index (κ2) is 5.56. The minimum atomic E-state index is -1.10. The van der Waals surface area contributed by atoms with Gasteiger partial charge in [0.1, 0.15) is 0 Å². The van der Waals surface area contributed by atoms with Crippen molar-refractivity contribution in [3.05, 3.63) is 24.0 Å². The first-order valence-corrected chi connectivity index (χ1v) is 5.35. The molecule has 1 aromatic heterocycles. The van der Waals surface area contributed by atoms with Gasteiger partial charge in [-0.15, -0.1) is 0 Å². The maximum Gasteiger partial charge on any atom is 0.337 e. The fourth-order valence-electron chi connectivity index (χ4n) is 1.49. The molecule has 2 heterocycles. The average Bonchev–Trinajstić information content (AvgIpc) is 2.40. The van der Waals surface area contributed by atoms with Gasteiger partial charge in [0.25, 0.3) is 5.91 Å². The Bertz CT molecular complexity index is 457. The van der Waals surface area contributed by atoms with Gasteiger partial charge in [0.2, 0.25) is 0 Å². The summed E-state index contributed by atoms with van der Waals surface area (Å²) in [6, 6.07) is 1.33. The molecule has 2 rings (SSSR count). The van der Waals surface area contributed by atoms with Crippen LogP contribution in [-0.2, 0) is 14.3 Å². The van der Waals surface area contributed by atoms with Gasteiger partial charge < -0.3 is 19.9 Å². The number of aromatic nitrogens is 1. The topological polar surface area (TPSA) is 97.8 Å². The molecule has 7 nitrogen and oxygen atoms in total. The first-order chi connectivity index (χ1) is 8.66. The molecule has 0 aliphatic carbocycles. The van der Waals surface area contributed by atoms with Crippen molar-refractivity contribution in [2.24, 2.45) is 0 Å². The van der Waals surface area contributed by atoms with Crippen molar-refractivity contribution in [1.82, 2.24) is 4.98 Å². The summed E-state index contributed by atoms with van der Waals surface area (Å²) in [7, 11) is 0. The number of nitrogens with one attached hydrogen (secondary N) is 1. The minimum Gasteiger partial charge on any atom is -0.478 e. The van der Waals surface area contributed by atoms with Crippen LogP contribution in [0.15, 0.2) is 18.5 Å². The molecule has 1 amide bonds. The number of carboxylic acid groups (broad SMARTS) is 1. The third kappa shape index (κ3) is 3.02. The van der Waals surface area contributed by atoms with Gasteiger partial charge in [-0.1, -0.05) is 0 Å². The van der Waals surface area contributed by atoms with E-state index in [1.54, 1.807) is 0 Å². The van der Waals surface area contributed by atoms with E-state index in [-0.39, 0.29) is 18.1 Å². The van der Waals surface area contributed by atoms with Gasteiger partial charge in [-0.2, -0.15) is 0 Å². The van der Waals surface area contributed by atoms with E-state index in [9.17, 15) is 9.59 Å². The quantitative estimate of drug-likeness (QED) is 0.793. The van der Waals surface area contributed by atoms with Crippen molar-refractivity contribution in [2.75, 3.05) is 25.1 Å². The highest BCUT2D eigenvalue weighted by Crippen LogP contribution is 2.10. The van der Waals surface area contributed by atoms with E-state index in [0.717, 1.165) is 0 Å². The SMILES string of the molecule is O=C(O)c1cncc(NC(=O)C2COCCO2)c1. The predicted molar refractivity (Wildman–Crippen MR) is 60.4 cm³/mol. The molecule has 1 aromatic rings. The Hall–Kier alpha value is -1.99. The molecule has 1 aliphatic rings. The maximum absolute atomic E-state index is 11.8. The van der Waals surface area contributed by atoms with Crippen LogP contribution in [0.1, 0.15) is 10.4 Å². The minimum absolute atomic E-state index is 0.00797. The maximum atomic E-state index is 11.8. The van der Waals surface area contributed by atoms with Gasteiger partial charge in [0.05, 0.1) is 37.3 Å². The molecule has 2 N–H and O–H groups in total. The van der Waals surface area contributed by atoms with E-state index >= 15 is 0 Å². The molecule has 18 heavy (non-hydrogen) atoms. The standard InChI is InChI=1S/C11H12N2O5/c14-10(9-6-17-1-2-18-9)13-8-3-7(11(15)16)4-12-5-8/h3-5,9H,1-2,6H2,(H,13,14)(H,15,16). The van der Waals surface area contributed by atoms with E-state index < -0.39 is 12.1 Å². The summed E-state index contributed by atoms with van der Waals surface area (Å²) in [6.07, 6.45) is 1.90. The number of hydrogen-bond donors (Lipinski definition) is 2. The van der Waals surface area contributed by atoms with Crippen LogP contribution < -0.4 is 5.32 Å². The Labute approximate surface area is 103 Å². The van der Waals surface area contributed by atoms with E-state index in [1.807, 2.05) is 0 Å². The van der Waals surface area contributed by atoms with Crippen LogP contribution in [0.2, 0.25) is 0 Å². The number of amides is 1. The lowest BCUT2D eigenvalue weighted by molar-refractivity contribution is -0.142. The number of nitrogens with zero attached hydrogens (tertiary/aromatic N) is 1. The van der Waals surface area contributed by atoms with Gasteiger partial charge in [-0.3, -0.25) is 9.78 Å². The fourth-order valence-corrected chi connectivity index (χ4v) is 1.49. The summed E-state index contributed by atoms with van der Waals surface area (Å²) >= 11 is 0. The summed E-state index contributed by atoms with van der Waals surface area (Å²) in [5.41, 5.74) is 0.322. The zero-order valence-electron chi connectivity index (χ0n) is 9.46. The second-order valence-electron chi connectivity index (χ2n) is 3.69. The Morgan fingerprint density at radius 3 is 2.89 bits per heavy atom.